The van der Waals surface area contributed by atoms with Gasteiger partial charge in [0.2, 0.25) is 0 Å². The van der Waals surface area contributed by atoms with Crippen molar-refractivity contribution in [2.45, 2.75) is 12.5 Å². The lowest BCUT2D eigenvalue weighted by molar-refractivity contribution is 0.414. The molecule has 1 rings (SSSR count). The molecule has 0 saturated heterocycles. The Balaban J connectivity index is 2.95. The summed E-state index contributed by atoms with van der Waals surface area (Å²) in [7, 11) is 1.54. The van der Waals surface area contributed by atoms with Crippen LogP contribution < -0.4 is 10.5 Å². The maximum atomic E-state index is 8.49. The molecule has 1 aromatic carbocycles. The number of methoxy groups -OCH3 is 1. The first-order valence-corrected chi connectivity index (χ1v) is 4.52. The first-order chi connectivity index (χ1) is 6.69. The number of benzene rings is 1. The van der Waals surface area contributed by atoms with Crippen LogP contribution in [-0.4, -0.2) is 7.11 Å². The van der Waals surface area contributed by atoms with E-state index in [1.54, 1.807) is 25.3 Å². The molecule has 0 aliphatic heterocycles. The van der Waals surface area contributed by atoms with Crippen molar-refractivity contribution in [1.82, 2.24) is 0 Å². The van der Waals surface area contributed by atoms with E-state index in [9.17, 15) is 0 Å². The number of nitrogens with zero attached hydrogens (tertiary/aromatic N) is 1. The minimum absolute atomic E-state index is 0.283. The number of nitriles is 1. The summed E-state index contributed by atoms with van der Waals surface area (Å²) in [5, 5.41) is 9.03. The van der Waals surface area contributed by atoms with Crippen LogP contribution in [0.25, 0.3) is 0 Å². The number of rotatable bonds is 3. The van der Waals surface area contributed by atoms with Gasteiger partial charge in [0.05, 0.1) is 24.6 Å². The van der Waals surface area contributed by atoms with Gasteiger partial charge in [-0.3, -0.25) is 0 Å². The normalized spacial score (nSPS) is 11.9. The summed E-state index contributed by atoms with van der Waals surface area (Å²) in [6.45, 7) is 0. The molecule has 0 aromatic heterocycles. The average Bonchev–Trinajstić information content (AvgIpc) is 2.19. The topological polar surface area (TPSA) is 59.0 Å². The second-order valence-electron chi connectivity index (χ2n) is 2.86. The highest BCUT2D eigenvalue weighted by molar-refractivity contribution is 6.32. The third-order valence-electron chi connectivity index (χ3n) is 1.91. The molecule has 0 fully saturated rings. The summed E-state index contributed by atoms with van der Waals surface area (Å²) < 4.78 is 5.04. The van der Waals surface area contributed by atoms with Crippen LogP contribution in [0.15, 0.2) is 18.2 Å². The van der Waals surface area contributed by atoms with Crippen molar-refractivity contribution in [2.75, 3.05) is 7.11 Å². The van der Waals surface area contributed by atoms with Gasteiger partial charge < -0.3 is 10.5 Å². The van der Waals surface area contributed by atoms with E-state index < -0.39 is 0 Å². The highest BCUT2D eigenvalue weighted by Gasteiger charge is 2.08. The van der Waals surface area contributed by atoms with Gasteiger partial charge in [0.15, 0.2) is 0 Å². The molecule has 0 spiro atoms. The smallest absolute Gasteiger partial charge is 0.137 e. The summed E-state index contributed by atoms with van der Waals surface area (Å²) in [6.07, 6.45) is 0.283. The van der Waals surface area contributed by atoms with Crippen LogP contribution in [0, 0.1) is 11.3 Å². The molecule has 14 heavy (non-hydrogen) atoms. The van der Waals surface area contributed by atoms with E-state index in [-0.39, 0.29) is 12.5 Å². The second kappa shape index (κ2) is 4.85. The van der Waals surface area contributed by atoms with Gasteiger partial charge in [-0.05, 0) is 17.7 Å². The van der Waals surface area contributed by atoms with Crippen LogP contribution in [0.3, 0.4) is 0 Å². The largest absolute Gasteiger partial charge is 0.495 e. The molecule has 74 valence electrons. The van der Waals surface area contributed by atoms with Crippen LogP contribution in [0.5, 0.6) is 5.75 Å². The molecule has 0 saturated carbocycles. The van der Waals surface area contributed by atoms with Crippen LogP contribution in [0.2, 0.25) is 5.02 Å². The van der Waals surface area contributed by atoms with Gasteiger partial charge in [-0.15, -0.1) is 0 Å². The molecular weight excluding hydrogens is 200 g/mol. The Morgan fingerprint density at radius 2 is 2.36 bits per heavy atom. The van der Waals surface area contributed by atoms with Gasteiger partial charge in [0.25, 0.3) is 0 Å². The van der Waals surface area contributed by atoms with Crippen molar-refractivity contribution in [3.05, 3.63) is 28.8 Å². The summed E-state index contributed by atoms with van der Waals surface area (Å²) >= 11 is 5.85. The maximum Gasteiger partial charge on any atom is 0.137 e. The highest BCUT2D eigenvalue weighted by atomic mass is 35.5. The molecule has 0 unspecified atom stereocenters. The molecule has 4 heteroatoms. The van der Waals surface area contributed by atoms with Gasteiger partial charge in [-0.1, -0.05) is 17.7 Å². The van der Waals surface area contributed by atoms with Gasteiger partial charge in [-0.25, -0.2) is 0 Å². The number of ether oxygens (including phenoxy) is 1. The summed E-state index contributed by atoms with van der Waals surface area (Å²) in [5.41, 5.74) is 6.61. The van der Waals surface area contributed by atoms with Crippen LogP contribution >= 0.6 is 11.6 Å². The Labute approximate surface area is 88.0 Å². The van der Waals surface area contributed by atoms with E-state index in [0.29, 0.717) is 10.8 Å². The minimum Gasteiger partial charge on any atom is -0.495 e. The lowest BCUT2D eigenvalue weighted by atomic mass is 10.1. The van der Waals surface area contributed by atoms with Gasteiger partial charge in [0.1, 0.15) is 5.75 Å². The van der Waals surface area contributed by atoms with Crippen LogP contribution in [-0.2, 0) is 0 Å². The Kier molecular flexibility index (Phi) is 3.75. The number of halogens is 1. The molecule has 0 aliphatic carbocycles. The lowest BCUT2D eigenvalue weighted by Gasteiger charge is -2.10. The van der Waals surface area contributed by atoms with Gasteiger partial charge in [0, 0.05) is 6.04 Å². The zero-order valence-corrected chi connectivity index (χ0v) is 8.58. The zero-order chi connectivity index (χ0) is 10.6. The predicted molar refractivity (Wildman–Crippen MR) is 55.2 cm³/mol. The van der Waals surface area contributed by atoms with E-state index in [4.69, 9.17) is 27.3 Å². The third kappa shape index (κ3) is 2.38. The van der Waals surface area contributed by atoms with Gasteiger partial charge in [-0.2, -0.15) is 5.26 Å². The molecule has 0 radical (unpaired) electrons. The molecule has 1 aromatic rings. The molecule has 0 bridgehead atoms. The average molecular weight is 211 g/mol. The first-order valence-electron chi connectivity index (χ1n) is 4.15. The molecule has 2 N–H and O–H groups in total. The van der Waals surface area contributed by atoms with Crippen LogP contribution in [0.1, 0.15) is 18.0 Å². The molecule has 0 aliphatic rings. The highest BCUT2D eigenvalue weighted by Crippen LogP contribution is 2.27. The second-order valence-corrected chi connectivity index (χ2v) is 3.27. The minimum atomic E-state index is -0.286. The van der Waals surface area contributed by atoms with E-state index >= 15 is 0 Å². The van der Waals surface area contributed by atoms with Crippen molar-refractivity contribution in [2.24, 2.45) is 5.73 Å². The lowest BCUT2D eigenvalue weighted by Crippen LogP contribution is -2.09. The molecule has 3 nitrogen and oxygen atoms in total. The third-order valence-corrected chi connectivity index (χ3v) is 2.23. The van der Waals surface area contributed by atoms with Crippen molar-refractivity contribution < 1.29 is 4.74 Å². The molecule has 0 heterocycles. The Morgan fingerprint density at radius 1 is 1.64 bits per heavy atom. The van der Waals surface area contributed by atoms with E-state index in [1.165, 1.54) is 0 Å². The Hall–Kier alpha value is -1.24. The molecule has 1 atom stereocenters. The van der Waals surface area contributed by atoms with Crippen LogP contribution in [0.4, 0.5) is 0 Å². The SMILES string of the molecule is COc1cc([C@H](N)CC#N)ccc1Cl. The Bertz CT molecular complexity index is 360. The predicted octanol–water partition coefficient (Wildman–Crippen LogP) is 2.26. The number of nitrogens with two attached hydrogens (primary N) is 1. The number of hydrogen-bond acceptors (Lipinski definition) is 3. The summed E-state index contributed by atoms with van der Waals surface area (Å²) in [6, 6.07) is 7.00. The fourth-order valence-electron chi connectivity index (χ4n) is 1.12. The summed E-state index contributed by atoms with van der Waals surface area (Å²) in [5.74, 6) is 0.581. The molecule has 0 amide bonds. The zero-order valence-electron chi connectivity index (χ0n) is 7.83. The van der Waals surface area contributed by atoms with E-state index in [0.717, 1.165) is 5.56 Å². The van der Waals surface area contributed by atoms with Crippen molar-refractivity contribution in [1.29, 1.82) is 5.26 Å². The van der Waals surface area contributed by atoms with Crippen molar-refractivity contribution in [3.63, 3.8) is 0 Å². The number of hydrogen-bond donors (Lipinski definition) is 1. The van der Waals surface area contributed by atoms with Gasteiger partial charge >= 0.3 is 0 Å². The fourth-order valence-corrected chi connectivity index (χ4v) is 1.32. The van der Waals surface area contributed by atoms with E-state index in [1.807, 2.05) is 6.07 Å². The molecular formula is C10H11ClN2O. The Morgan fingerprint density at radius 3 is 2.93 bits per heavy atom. The summed E-state index contributed by atoms with van der Waals surface area (Å²) in [4.78, 5) is 0. The maximum absolute atomic E-state index is 8.49. The fraction of sp³-hybridized carbons (Fsp3) is 0.300. The van der Waals surface area contributed by atoms with Crippen molar-refractivity contribution in [3.8, 4) is 11.8 Å². The van der Waals surface area contributed by atoms with E-state index in [2.05, 4.69) is 0 Å². The quantitative estimate of drug-likeness (QED) is 0.833. The monoisotopic (exact) mass is 210 g/mol. The van der Waals surface area contributed by atoms with Crippen molar-refractivity contribution >= 4 is 11.6 Å². The standard InChI is InChI=1S/C10H11ClN2O/c1-14-10-6-7(2-3-8(10)11)9(13)4-5-12/h2-3,6,9H,4,13H2,1H3/t9-/m1/s1. The first kappa shape index (κ1) is 10.8.